The van der Waals surface area contributed by atoms with Crippen molar-refractivity contribution in [2.45, 2.75) is 12.2 Å². The molecule has 0 aliphatic carbocycles. The lowest BCUT2D eigenvalue weighted by Gasteiger charge is -2.19. The molecule has 0 heterocycles. The van der Waals surface area contributed by atoms with Gasteiger partial charge in [0, 0.05) is 0 Å². The molecule has 0 saturated carbocycles. The molecule has 2 aromatic carbocycles. The van der Waals surface area contributed by atoms with Crippen LogP contribution < -0.4 is 28.4 Å². The highest BCUT2D eigenvalue weighted by Crippen LogP contribution is 2.39. The number of aliphatic hydroxyl groups excluding tert-OH is 2. The molecule has 0 aromatic heterocycles. The van der Waals surface area contributed by atoms with Crippen LogP contribution in [0.15, 0.2) is 24.3 Å². The van der Waals surface area contributed by atoms with Crippen LogP contribution in [0.1, 0.15) is 20.7 Å². The lowest BCUT2D eigenvalue weighted by Crippen LogP contribution is -2.35. The first-order valence-corrected chi connectivity index (χ1v) is 10.5. The molecule has 198 valence electrons. The van der Waals surface area contributed by atoms with Gasteiger partial charge in [-0.2, -0.15) is 0 Å². The van der Waals surface area contributed by atoms with E-state index in [0.717, 1.165) is 0 Å². The molecule has 2 aromatic rings. The van der Waals surface area contributed by atoms with Crippen LogP contribution in [-0.4, -0.2) is 90.2 Å². The van der Waals surface area contributed by atoms with Crippen LogP contribution in [0, 0.1) is 0 Å². The third-order valence-corrected chi connectivity index (χ3v) is 5.02. The zero-order valence-electron chi connectivity index (χ0n) is 20.9. The number of carbonyl (C=O) groups is 2. The maximum Gasteiger partial charge on any atom is 0.338 e. The Kier molecular flexibility index (Phi) is 10.4. The quantitative estimate of drug-likeness (QED) is 0.376. The highest BCUT2D eigenvalue weighted by Gasteiger charge is 2.24. The first kappa shape index (κ1) is 28.3. The third kappa shape index (κ3) is 6.61. The Balaban J connectivity index is 1.98. The van der Waals surface area contributed by atoms with Crippen molar-refractivity contribution >= 4 is 11.9 Å². The summed E-state index contributed by atoms with van der Waals surface area (Å²) in [7, 11) is 8.42. The molecule has 0 saturated heterocycles. The van der Waals surface area contributed by atoms with Gasteiger partial charge in [-0.3, -0.25) is 0 Å². The number of esters is 2. The highest BCUT2D eigenvalue weighted by atomic mass is 16.6. The molecule has 2 N–H and O–H groups in total. The van der Waals surface area contributed by atoms with Crippen molar-refractivity contribution in [3.8, 4) is 34.5 Å². The van der Waals surface area contributed by atoms with E-state index in [4.69, 9.17) is 37.9 Å². The van der Waals surface area contributed by atoms with Crippen LogP contribution in [0.4, 0.5) is 0 Å². The van der Waals surface area contributed by atoms with E-state index in [0.29, 0.717) is 11.5 Å². The lowest BCUT2D eigenvalue weighted by molar-refractivity contribution is -0.0529. The summed E-state index contributed by atoms with van der Waals surface area (Å²) >= 11 is 0. The van der Waals surface area contributed by atoms with E-state index in [1.165, 1.54) is 66.9 Å². The van der Waals surface area contributed by atoms with Crippen LogP contribution in [0.25, 0.3) is 0 Å². The first-order valence-electron chi connectivity index (χ1n) is 10.5. The van der Waals surface area contributed by atoms with Gasteiger partial charge in [-0.15, -0.1) is 0 Å². The van der Waals surface area contributed by atoms with Gasteiger partial charge in [-0.25, -0.2) is 9.59 Å². The van der Waals surface area contributed by atoms with Crippen molar-refractivity contribution in [1.29, 1.82) is 0 Å². The van der Waals surface area contributed by atoms with E-state index in [1.54, 1.807) is 0 Å². The van der Waals surface area contributed by atoms with Crippen LogP contribution >= 0.6 is 0 Å². The van der Waals surface area contributed by atoms with E-state index in [2.05, 4.69) is 0 Å². The number of benzene rings is 2. The smallest absolute Gasteiger partial charge is 0.338 e. The predicted octanol–water partition coefficient (Wildman–Crippen LogP) is 1.47. The molecule has 0 radical (unpaired) electrons. The fraction of sp³-hybridized carbons (Fsp3) is 0.417. The minimum Gasteiger partial charge on any atom is -0.493 e. The SMILES string of the molecule is COc1cc(C(=O)OC[C@H](O)[C@@H](O)COC(=O)c2cc(OC)c(OC)c(OC)c2)cc(OC)c1OC. The monoisotopic (exact) mass is 510 g/mol. The fourth-order valence-corrected chi connectivity index (χ4v) is 3.11. The Morgan fingerprint density at radius 3 is 1.08 bits per heavy atom. The molecule has 0 aliphatic rings. The minimum atomic E-state index is -1.54. The molecule has 0 aliphatic heterocycles. The molecule has 12 heteroatoms. The van der Waals surface area contributed by atoms with Crippen molar-refractivity contribution in [3.63, 3.8) is 0 Å². The predicted molar refractivity (Wildman–Crippen MR) is 125 cm³/mol. The Morgan fingerprint density at radius 1 is 0.583 bits per heavy atom. The number of aliphatic hydroxyl groups is 2. The summed E-state index contributed by atoms with van der Waals surface area (Å²) in [5.41, 5.74) is 0.139. The van der Waals surface area contributed by atoms with Gasteiger partial charge in [0.1, 0.15) is 25.4 Å². The van der Waals surface area contributed by atoms with Crippen molar-refractivity contribution in [1.82, 2.24) is 0 Å². The normalized spacial score (nSPS) is 12.1. The first-order chi connectivity index (χ1) is 17.2. The molecule has 0 bridgehead atoms. The standard InChI is InChI=1S/C24H30O12/c1-29-17-7-13(8-18(30-2)21(17)33-5)23(27)35-11-15(25)16(26)12-36-24(28)14-9-19(31-3)22(34-6)20(10-14)32-4/h7-10,15-16,25-26H,11-12H2,1-6H3/t15-,16-/m0/s1. The lowest BCUT2D eigenvalue weighted by atomic mass is 10.1. The van der Waals surface area contributed by atoms with Gasteiger partial charge < -0.3 is 48.1 Å². The summed E-state index contributed by atoms with van der Waals surface area (Å²) in [5.74, 6) is -0.0796. The molecule has 2 atom stereocenters. The summed E-state index contributed by atoms with van der Waals surface area (Å²) in [6.07, 6.45) is -3.08. The molecule has 0 unspecified atom stereocenters. The minimum absolute atomic E-state index is 0.0695. The van der Waals surface area contributed by atoms with Crippen molar-refractivity contribution < 1.29 is 57.7 Å². The van der Waals surface area contributed by atoms with Crippen molar-refractivity contribution in [3.05, 3.63) is 35.4 Å². The van der Waals surface area contributed by atoms with Gasteiger partial charge in [-0.1, -0.05) is 0 Å². The van der Waals surface area contributed by atoms with Crippen LogP contribution in [-0.2, 0) is 9.47 Å². The fourth-order valence-electron chi connectivity index (χ4n) is 3.11. The number of methoxy groups -OCH3 is 6. The van der Waals surface area contributed by atoms with Crippen LogP contribution in [0.3, 0.4) is 0 Å². The van der Waals surface area contributed by atoms with Crippen LogP contribution in [0.5, 0.6) is 34.5 Å². The van der Waals surface area contributed by atoms with E-state index >= 15 is 0 Å². The number of rotatable bonds is 13. The van der Waals surface area contributed by atoms with Gasteiger partial charge >= 0.3 is 11.9 Å². The van der Waals surface area contributed by atoms with Crippen molar-refractivity contribution in [2.75, 3.05) is 55.9 Å². The maximum atomic E-state index is 12.4. The second-order valence-corrected chi connectivity index (χ2v) is 7.16. The molecule has 2 rings (SSSR count). The topological polar surface area (TPSA) is 148 Å². The van der Waals surface area contributed by atoms with Gasteiger partial charge in [0.05, 0.1) is 53.8 Å². The molecular weight excluding hydrogens is 480 g/mol. The van der Waals surface area contributed by atoms with E-state index < -0.39 is 37.4 Å². The van der Waals surface area contributed by atoms with Gasteiger partial charge in [-0.05, 0) is 24.3 Å². The Morgan fingerprint density at radius 2 is 0.861 bits per heavy atom. The summed E-state index contributed by atoms with van der Waals surface area (Å²) in [6.45, 7) is -1.14. The van der Waals surface area contributed by atoms with E-state index in [-0.39, 0.29) is 34.1 Å². The Bertz CT molecular complexity index is 918. The van der Waals surface area contributed by atoms with E-state index in [9.17, 15) is 19.8 Å². The molecule has 12 nitrogen and oxygen atoms in total. The zero-order valence-corrected chi connectivity index (χ0v) is 20.9. The molecule has 0 fully saturated rings. The molecule has 36 heavy (non-hydrogen) atoms. The third-order valence-electron chi connectivity index (χ3n) is 5.02. The second-order valence-electron chi connectivity index (χ2n) is 7.16. The summed E-state index contributed by atoms with van der Waals surface area (Å²) in [5, 5.41) is 20.3. The molecular formula is C24H30O12. The zero-order chi connectivity index (χ0) is 26.8. The number of ether oxygens (including phenoxy) is 8. The van der Waals surface area contributed by atoms with Crippen LogP contribution in [0.2, 0.25) is 0 Å². The average Bonchev–Trinajstić information content (AvgIpc) is 2.91. The summed E-state index contributed by atoms with van der Waals surface area (Å²) in [6, 6.07) is 5.52. The second kappa shape index (κ2) is 13.3. The average molecular weight is 510 g/mol. The largest absolute Gasteiger partial charge is 0.493 e. The van der Waals surface area contributed by atoms with Gasteiger partial charge in [0.25, 0.3) is 0 Å². The number of hydrogen-bond acceptors (Lipinski definition) is 12. The molecule has 0 spiro atoms. The Hall–Kier alpha value is -3.90. The maximum absolute atomic E-state index is 12.4. The van der Waals surface area contributed by atoms with Gasteiger partial charge in [0.15, 0.2) is 23.0 Å². The van der Waals surface area contributed by atoms with E-state index in [1.807, 2.05) is 0 Å². The number of hydrogen-bond donors (Lipinski definition) is 2. The van der Waals surface area contributed by atoms with Gasteiger partial charge in [0.2, 0.25) is 11.5 Å². The highest BCUT2D eigenvalue weighted by molar-refractivity contribution is 5.92. The number of carbonyl (C=O) groups excluding carboxylic acids is 2. The summed E-state index contributed by atoms with van der Waals surface area (Å²) in [4.78, 5) is 24.9. The summed E-state index contributed by atoms with van der Waals surface area (Å²) < 4.78 is 41.3. The Labute approximate surface area is 208 Å². The van der Waals surface area contributed by atoms with Crippen molar-refractivity contribution in [2.24, 2.45) is 0 Å². The molecule has 0 amide bonds.